The fourth-order valence-electron chi connectivity index (χ4n) is 2.30. The molecule has 1 aromatic carbocycles. The van der Waals surface area contributed by atoms with E-state index in [-0.39, 0.29) is 11.6 Å². The first-order valence-corrected chi connectivity index (χ1v) is 5.99. The number of nitrogens with one attached hydrogen (secondary N) is 1. The van der Waals surface area contributed by atoms with E-state index in [1.807, 2.05) is 0 Å². The lowest BCUT2D eigenvalue weighted by atomic mass is 10.1. The van der Waals surface area contributed by atoms with Gasteiger partial charge in [0.2, 0.25) is 0 Å². The maximum atomic E-state index is 12.8. The molecule has 1 fully saturated rings. The number of aromatic hydroxyl groups is 1. The molecule has 1 aliphatic carbocycles. The molecular formula is C13H14FNO4. The third-order valence-electron chi connectivity index (χ3n) is 3.32. The second-order valence-corrected chi connectivity index (χ2v) is 4.68. The van der Waals surface area contributed by atoms with Crippen LogP contribution in [0.4, 0.5) is 4.39 Å². The van der Waals surface area contributed by atoms with Crippen molar-refractivity contribution in [3.63, 3.8) is 0 Å². The van der Waals surface area contributed by atoms with Crippen LogP contribution in [0.2, 0.25) is 0 Å². The summed E-state index contributed by atoms with van der Waals surface area (Å²) in [5, 5.41) is 21.0. The number of hydrogen-bond acceptors (Lipinski definition) is 3. The fraction of sp³-hybridized carbons (Fsp3) is 0.385. The molecule has 5 nitrogen and oxygen atoms in total. The Bertz CT molecular complexity index is 517. The van der Waals surface area contributed by atoms with Crippen LogP contribution in [0.25, 0.3) is 0 Å². The van der Waals surface area contributed by atoms with E-state index >= 15 is 0 Å². The number of phenolic OH excluding ortho intramolecular Hbond substituents is 1. The van der Waals surface area contributed by atoms with Gasteiger partial charge in [-0.2, -0.15) is 0 Å². The lowest BCUT2D eigenvalue weighted by Gasteiger charge is -2.13. The molecule has 1 aliphatic rings. The van der Waals surface area contributed by atoms with Crippen LogP contribution in [0.3, 0.4) is 0 Å². The van der Waals surface area contributed by atoms with Crippen molar-refractivity contribution in [2.45, 2.75) is 25.3 Å². The molecule has 0 aliphatic heterocycles. The smallest absolute Gasteiger partial charge is 0.306 e. The average Bonchev–Trinajstić information content (AvgIpc) is 2.77. The van der Waals surface area contributed by atoms with Crippen LogP contribution in [0.15, 0.2) is 18.2 Å². The number of benzene rings is 1. The van der Waals surface area contributed by atoms with Gasteiger partial charge in [-0.05, 0) is 31.4 Å². The molecule has 0 radical (unpaired) electrons. The van der Waals surface area contributed by atoms with E-state index in [1.54, 1.807) is 0 Å². The van der Waals surface area contributed by atoms with E-state index in [9.17, 15) is 19.1 Å². The van der Waals surface area contributed by atoms with Crippen LogP contribution in [-0.4, -0.2) is 28.1 Å². The highest BCUT2D eigenvalue weighted by atomic mass is 19.1. The molecule has 1 aromatic rings. The second kappa shape index (κ2) is 5.26. The zero-order valence-corrected chi connectivity index (χ0v) is 10.1. The van der Waals surface area contributed by atoms with Crippen molar-refractivity contribution in [2.24, 2.45) is 5.92 Å². The molecule has 0 saturated heterocycles. The van der Waals surface area contributed by atoms with E-state index in [0.29, 0.717) is 19.3 Å². The van der Waals surface area contributed by atoms with Crippen molar-refractivity contribution in [1.29, 1.82) is 0 Å². The topological polar surface area (TPSA) is 86.6 Å². The van der Waals surface area contributed by atoms with E-state index in [2.05, 4.69) is 5.32 Å². The Balaban J connectivity index is 2.00. The van der Waals surface area contributed by atoms with Crippen LogP contribution in [0, 0.1) is 11.7 Å². The standard InChI is InChI=1S/C13H14FNO4/c14-8-2-4-10(11(16)6-8)12(17)15-9-3-1-7(5-9)13(18)19/h2,4,6-7,9,16H,1,3,5H2,(H,15,17)(H,18,19). The van der Waals surface area contributed by atoms with E-state index in [1.165, 1.54) is 6.07 Å². The van der Waals surface area contributed by atoms with Crippen molar-refractivity contribution in [3.8, 4) is 5.75 Å². The average molecular weight is 267 g/mol. The Kier molecular flexibility index (Phi) is 3.69. The number of carboxylic acid groups (broad SMARTS) is 1. The van der Waals surface area contributed by atoms with Crippen molar-refractivity contribution >= 4 is 11.9 Å². The van der Waals surface area contributed by atoms with Gasteiger partial charge in [-0.25, -0.2) is 4.39 Å². The van der Waals surface area contributed by atoms with Gasteiger partial charge < -0.3 is 15.5 Å². The minimum absolute atomic E-state index is 0.0137. The Morgan fingerprint density at radius 2 is 2.05 bits per heavy atom. The van der Waals surface area contributed by atoms with Crippen molar-refractivity contribution in [2.75, 3.05) is 0 Å². The van der Waals surface area contributed by atoms with Gasteiger partial charge in [-0.15, -0.1) is 0 Å². The van der Waals surface area contributed by atoms with Crippen LogP contribution in [-0.2, 0) is 4.79 Å². The summed E-state index contributed by atoms with van der Waals surface area (Å²) in [5.74, 6) is -2.87. The largest absolute Gasteiger partial charge is 0.507 e. The molecule has 2 atom stereocenters. The molecule has 3 N–H and O–H groups in total. The van der Waals surface area contributed by atoms with Crippen LogP contribution >= 0.6 is 0 Å². The molecule has 0 bridgehead atoms. The first-order valence-electron chi connectivity index (χ1n) is 5.99. The van der Waals surface area contributed by atoms with E-state index < -0.39 is 29.4 Å². The summed E-state index contributed by atoms with van der Waals surface area (Å²) >= 11 is 0. The number of halogens is 1. The Morgan fingerprint density at radius 3 is 2.63 bits per heavy atom. The first-order chi connectivity index (χ1) is 8.97. The quantitative estimate of drug-likeness (QED) is 0.774. The minimum Gasteiger partial charge on any atom is -0.507 e. The maximum Gasteiger partial charge on any atom is 0.306 e. The number of phenols is 1. The van der Waals surface area contributed by atoms with Gasteiger partial charge in [0.1, 0.15) is 11.6 Å². The Hall–Kier alpha value is -2.11. The van der Waals surface area contributed by atoms with Crippen molar-refractivity contribution in [1.82, 2.24) is 5.32 Å². The monoisotopic (exact) mass is 267 g/mol. The molecule has 2 unspecified atom stereocenters. The summed E-state index contributed by atoms with van der Waals surface area (Å²) in [4.78, 5) is 22.7. The maximum absolute atomic E-state index is 12.8. The predicted octanol–water partition coefficient (Wildman–Crippen LogP) is 1.51. The van der Waals surface area contributed by atoms with Gasteiger partial charge in [0.05, 0.1) is 11.5 Å². The number of amides is 1. The van der Waals surface area contributed by atoms with Crippen LogP contribution in [0.1, 0.15) is 29.6 Å². The number of carbonyl (C=O) groups excluding carboxylic acids is 1. The van der Waals surface area contributed by atoms with Gasteiger partial charge in [0.25, 0.3) is 5.91 Å². The predicted molar refractivity (Wildman–Crippen MR) is 64.3 cm³/mol. The lowest BCUT2D eigenvalue weighted by molar-refractivity contribution is -0.141. The van der Waals surface area contributed by atoms with Crippen LogP contribution < -0.4 is 5.32 Å². The summed E-state index contributed by atoms with van der Waals surface area (Å²) in [6.45, 7) is 0. The molecule has 19 heavy (non-hydrogen) atoms. The highest BCUT2D eigenvalue weighted by Gasteiger charge is 2.31. The molecule has 6 heteroatoms. The summed E-state index contributed by atoms with van der Waals surface area (Å²) in [6, 6.07) is 2.93. The Labute approximate surface area is 109 Å². The van der Waals surface area contributed by atoms with Gasteiger partial charge in [-0.1, -0.05) is 0 Å². The summed E-state index contributed by atoms with van der Waals surface area (Å²) < 4.78 is 12.8. The van der Waals surface area contributed by atoms with Crippen molar-refractivity contribution < 1.29 is 24.2 Å². The number of carbonyl (C=O) groups is 2. The molecule has 0 spiro atoms. The highest BCUT2D eigenvalue weighted by molar-refractivity contribution is 5.97. The summed E-state index contributed by atoms with van der Waals surface area (Å²) in [7, 11) is 0. The van der Waals surface area contributed by atoms with Gasteiger partial charge in [0, 0.05) is 12.1 Å². The third kappa shape index (κ3) is 3.01. The van der Waals surface area contributed by atoms with E-state index in [0.717, 1.165) is 12.1 Å². The molecule has 1 amide bonds. The SMILES string of the molecule is O=C(NC1CCC(C(=O)O)C1)c1ccc(F)cc1O. The van der Waals surface area contributed by atoms with Crippen molar-refractivity contribution in [3.05, 3.63) is 29.6 Å². The first kappa shape index (κ1) is 13.3. The number of hydrogen-bond donors (Lipinski definition) is 3. The normalized spacial score (nSPS) is 22.2. The summed E-state index contributed by atoms with van der Waals surface area (Å²) in [5.41, 5.74) is -0.0137. The molecular weight excluding hydrogens is 253 g/mol. The molecule has 102 valence electrons. The molecule has 2 rings (SSSR count). The fourth-order valence-corrected chi connectivity index (χ4v) is 2.30. The Morgan fingerprint density at radius 1 is 1.32 bits per heavy atom. The second-order valence-electron chi connectivity index (χ2n) is 4.68. The molecule has 1 saturated carbocycles. The zero-order chi connectivity index (χ0) is 14.0. The number of carboxylic acids is 1. The number of rotatable bonds is 3. The van der Waals surface area contributed by atoms with Gasteiger partial charge in [-0.3, -0.25) is 9.59 Å². The summed E-state index contributed by atoms with van der Waals surface area (Å²) in [6.07, 6.45) is 1.49. The third-order valence-corrected chi connectivity index (χ3v) is 3.32. The minimum atomic E-state index is -0.860. The molecule has 0 aromatic heterocycles. The highest BCUT2D eigenvalue weighted by Crippen LogP contribution is 2.26. The van der Waals surface area contributed by atoms with Crippen LogP contribution in [0.5, 0.6) is 5.75 Å². The lowest BCUT2D eigenvalue weighted by Crippen LogP contribution is -2.33. The number of aliphatic carboxylic acids is 1. The zero-order valence-electron chi connectivity index (χ0n) is 10.1. The van der Waals surface area contributed by atoms with Gasteiger partial charge in [0.15, 0.2) is 0 Å². The van der Waals surface area contributed by atoms with E-state index in [4.69, 9.17) is 5.11 Å². The molecule has 0 heterocycles. The van der Waals surface area contributed by atoms with Gasteiger partial charge >= 0.3 is 5.97 Å².